The van der Waals surface area contributed by atoms with Gasteiger partial charge in [-0.05, 0) is 43.0 Å². The summed E-state index contributed by atoms with van der Waals surface area (Å²) in [5, 5.41) is 2.61. The molecule has 0 spiro atoms. The van der Waals surface area contributed by atoms with E-state index < -0.39 is 6.04 Å². The molecule has 0 saturated carbocycles. The quantitative estimate of drug-likeness (QED) is 0.758. The van der Waals surface area contributed by atoms with Crippen molar-refractivity contribution >= 4 is 11.8 Å². The highest BCUT2D eigenvalue weighted by molar-refractivity contribution is 5.87. The molecular formula is C23H30N2O3. The molecule has 0 radical (unpaired) electrons. The van der Waals surface area contributed by atoms with Gasteiger partial charge in [0, 0.05) is 13.6 Å². The fraction of sp³-hybridized carbons (Fsp3) is 0.391. The van der Waals surface area contributed by atoms with Crippen molar-refractivity contribution in [2.24, 2.45) is 0 Å². The molecule has 150 valence electrons. The van der Waals surface area contributed by atoms with Gasteiger partial charge in [0.2, 0.25) is 5.91 Å². The van der Waals surface area contributed by atoms with Gasteiger partial charge < -0.3 is 15.0 Å². The maximum Gasteiger partial charge on any atom is 0.261 e. The molecule has 0 fully saturated rings. The number of aryl methyl sites for hydroxylation is 1. The van der Waals surface area contributed by atoms with Crippen LogP contribution in [0.4, 0.5) is 0 Å². The lowest BCUT2D eigenvalue weighted by Gasteiger charge is -2.28. The third kappa shape index (κ3) is 5.84. The molecule has 0 aliphatic rings. The molecule has 2 rings (SSSR count). The van der Waals surface area contributed by atoms with Crippen LogP contribution in [-0.4, -0.2) is 36.4 Å². The number of amides is 2. The van der Waals surface area contributed by atoms with Crippen molar-refractivity contribution in [2.45, 2.75) is 46.2 Å². The van der Waals surface area contributed by atoms with E-state index in [1.54, 1.807) is 18.9 Å². The molecule has 2 amide bonds. The van der Waals surface area contributed by atoms with E-state index in [0.29, 0.717) is 18.2 Å². The monoisotopic (exact) mass is 382 g/mol. The first-order valence-electron chi connectivity index (χ1n) is 9.61. The van der Waals surface area contributed by atoms with Crippen LogP contribution in [0.2, 0.25) is 0 Å². The van der Waals surface area contributed by atoms with Gasteiger partial charge in [-0.1, -0.05) is 55.8 Å². The normalized spacial score (nSPS) is 11.8. The van der Waals surface area contributed by atoms with Gasteiger partial charge in [0.05, 0.1) is 0 Å². The Morgan fingerprint density at radius 3 is 2.14 bits per heavy atom. The van der Waals surface area contributed by atoms with Gasteiger partial charge in [-0.15, -0.1) is 0 Å². The number of rotatable bonds is 8. The molecule has 0 saturated heterocycles. The van der Waals surface area contributed by atoms with Crippen LogP contribution in [0.5, 0.6) is 5.75 Å². The number of likely N-dealkylation sites (N-methyl/N-ethyl adjacent to an activating group) is 1. The van der Waals surface area contributed by atoms with Crippen LogP contribution in [0.25, 0.3) is 0 Å². The Morgan fingerprint density at radius 2 is 1.61 bits per heavy atom. The summed E-state index contributed by atoms with van der Waals surface area (Å²) in [6.45, 7) is 8.23. The van der Waals surface area contributed by atoms with Crippen LogP contribution in [0.1, 0.15) is 43.4 Å². The highest BCUT2D eigenvalue weighted by atomic mass is 16.5. The Bertz CT molecular complexity index is 782. The predicted molar refractivity (Wildman–Crippen MR) is 111 cm³/mol. The van der Waals surface area contributed by atoms with Gasteiger partial charge in [0.1, 0.15) is 11.8 Å². The first-order valence-corrected chi connectivity index (χ1v) is 9.61. The van der Waals surface area contributed by atoms with Gasteiger partial charge in [0.25, 0.3) is 5.91 Å². The van der Waals surface area contributed by atoms with Crippen LogP contribution in [0, 0.1) is 6.92 Å². The molecule has 1 N–H and O–H groups in total. The van der Waals surface area contributed by atoms with E-state index in [0.717, 1.165) is 11.1 Å². The largest absolute Gasteiger partial charge is 0.484 e. The van der Waals surface area contributed by atoms with Gasteiger partial charge in [0.15, 0.2) is 6.61 Å². The smallest absolute Gasteiger partial charge is 0.261 e. The number of ether oxygens (including phenoxy) is 1. The van der Waals surface area contributed by atoms with E-state index in [1.165, 1.54) is 5.56 Å². The predicted octanol–water partition coefficient (Wildman–Crippen LogP) is 3.66. The molecule has 1 atom stereocenters. The minimum atomic E-state index is -0.592. The highest BCUT2D eigenvalue weighted by Gasteiger charge is 2.25. The molecule has 0 aromatic heterocycles. The fourth-order valence-corrected chi connectivity index (χ4v) is 2.86. The second-order valence-corrected chi connectivity index (χ2v) is 7.31. The van der Waals surface area contributed by atoms with E-state index >= 15 is 0 Å². The summed E-state index contributed by atoms with van der Waals surface area (Å²) in [5.41, 5.74) is 3.33. The van der Waals surface area contributed by atoms with E-state index in [-0.39, 0.29) is 18.4 Å². The van der Waals surface area contributed by atoms with Crippen molar-refractivity contribution in [3.63, 3.8) is 0 Å². The van der Waals surface area contributed by atoms with Crippen LogP contribution >= 0.6 is 0 Å². The van der Waals surface area contributed by atoms with Gasteiger partial charge in [-0.25, -0.2) is 0 Å². The maximum absolute atomic E-state index is 12.8. The summed E-state index contributed by atoms with van der Waals surface area (Å²) < 4.78 is 5.68. The van der Waals surface area contributed by atoms with Gasteiger partial charge in [-0.2, -0.15) is 0 Å². The number of benzene rings is 2. The number of hydrogen-bond acceptors (Lipinski definition) is 3. The standard InChI is InChI=1S/C23H30N2O3/c1-16(2)20-10-12-21(13-11-20)28-15-22(26)25(18(4)23(27)24-5)14-19-8-6-17(3)7-9-19/h6-13,16,18H,14-15H2,1-5H3,(H,24,27)/t18-/m0/s1. The Hall–Kier alpha value is -2.82. The molecule has 5 nitrogen and oxygen atoms in total. The van der Waals surface area contributed by atoms with Crippen LogP contribution in [0.15, 0.2) is 48.5 Å². The fourth-order valence-electron chi connectivity index (χ4n) is 2.86. The molecule has 5 heteroatoms. The van der Waals surface area contributed by atoms with Crippen molar-refractivity contribution in [3.8, 4) is 5.75 Å². The van der Waals surface area contributed by atoms with Gasteiger partial charge in [-0.3, -0.25) is 9.59 Å². The molecule has 0 heterocycles. The molecule has 0 unspecified atom stereocenters. The van der Waals surface area contributed by atoms with E-state index in [9.17, 15) is 9.59 Å². The lowest BCUT2D eigenvalue weighted by molar-refractivity contribution is -0.142. The summed E-state index contributed by atoms with van der Waals surface area (Å²) in [4.78, 5) is 26.5. The zero-order chi connectivity index (χ0) is 20.7. The van der Waals surface area contributed by atoms with Crippen LogP contribution < -0.4 is 10.1 Å². The molecule has 2 aromatic rings. The number of hydrogen-bond donors (Lipinski definition) is 1. The Kier molecular flexibility index (Phi) is 7.61. The molecular weight excluding hydrogens is 352 g/mol. The van der Waals surface area contributed by atoms with Crippen molar-refractivity contribution in [1.29, 1.82) is 0 Å². The number of nitrogens with zero attached hydrogens (tertiary/aromatic N) is 1. The molecule has 0 aliphatic carbocycles. The average molecular weight is 383 g/mol. The topological polar surface area (TPSA) is 58.6 Å². The zero-order valence-corrected chi connectivity index (χ0v) is 17.4. The summed E-state index contributed by atoms with van der Waals surface area (Å²) >= 11 is 0. The Morgan fingerprint density at radius 1 is 1.00 bits per heavy atom. The minimum Gasteiger partial charge on any atom is -0.484 e. The Balaban J connectivity index is 2.09. The summed E-state index contributed by atoms with van der Waals surface area (Å²) in [6.07, 6.45) is 0. The van der Waals surface area contributed by atoms with Crippen LogP contribution in [-0.2, 0) is 16.1 Å². The van der Waals surface area contributed by atoms with Crippen molar-refractivity contribution in [1.82, 2.24) is 10.2 Å². The average Bonchev–Trinajstić information content (AvgIpc) is 2.70. The first kappa shape index (κ1) is 21.5. The zero-order valence-electron chi connectivity index (χ0n) is 17.4. The van der Waals surface area contributed by atoms with E-state index in [4.69, 9.17) is 4.74 Å². The molecule has 28 heavy (non-hydrogen) atoms. The second kappa shape index (κ2) is 9.93. The lowest BCUT2D eigenvalue weighted by Crippen LogP contribution is -2.48. The lowest BCUT2D eigenvalue weighted by atomic mass is 10.0. The van der Waals surface area contributed by atoms with Crippen LogP contribution in [0.3, 0.4) is 0 Å². The minimum absolute atomic E-state index is 0.117. The molecule has 0 bridgehead atoms. The first-order chi connectivity index (χ1) is 13.3. The van der Waals surface area contributed by atoms with E-state index in [2.05, 4.69) is 19.2 Å². The summed E-state index contributed by atoms with van der Waals surface area (Å²) in [5.74, 6) is 0.640. The number of carbonyl (C=O) groups excluding carboxylic acids is 2. The molecule has 2 aromatic carbocycles. The Labute approximate surface area is 167 Å². The number of carbonyl (C=O) groups is 2. The van der Waals surface area contributed by atoms with Crippen molar-refractivity contribution in [2.75, 3.05) is 13.7 Å². The van der Waals surface area contributed by atoms with Gasteiger partial charge >= 0.3 is 0 Å². The molecule has 0 aliphatic heterocycles. The SMILES string of the molecule is CNC(=O)[C@H](C)N(Cc1ccc(C)cc1)C(=O)COc1ccc(C(C)C)cc1. The third-order valence-electron chi connectivity index (χ3n) is 4.80. The van der Waals surface area contributed by atoms with Crippen molar-refractivity contribution < 1.29 is 14.3 Å². The second-order valence-electron chi connectivity index (χ2n) is 7.31. The summed E-state index contributed by atoms with van der Waals surface area (Å²) in [7, 11) is 1.57. The third-order valence-corrected chi connectivity index (χ3v) is 4.80. The highest BCUT2D eigenvalue weighted by Crippen LogP contribution is 2.19. The van der Waals surface area contributed by atoms with E-state index in [1.807, 2.05) is 55.5 Å². The number of nitrogens with one attached hydrogen (secondary N) is 1. The van der Waals surface area contributed by atoms with Crippen molar-refractivity contribution in [3.05, 3.63) is 65.2 Å². The maximum atomic E-state index is 12.8. The summed E-state index contributed by atoms with van der Waals surface area (Å²) in [6, 6.07) is 15.1.